The van der Waals surface area contributed by atoms with Crippen LogP contribution in [0.5, 0.6) is 0 Å². The molecule has 2 heterocycles. The molecule has 4 aromatic rings. The van der Waals surface area contributed by atoms with Gasteiger partial charge in [-0.2, -0.15) is 21.5 Å². The molecule has 0 atom stereocenters. The molecule has 2 aromatic heterocycles. The Hall–Kier alpha value is -3.59. The lowest BCUT2D eigenvalue weighted by Crippen LogP contribution is -2.14. The van der Waals surface area contributed by atoms with Crippen molar-refractivity contribution < 1.29 is 30.7 Å². The van der Waals surface area contributed by atoms with Crippen molar-refractivity contribution in [1.29, 1.82) is 0 Å². The molecule has 0 aliphatic heterocycles. The maximum Gasteiger partial charge on any atom is 0.294 e. The van der Waals surface area contributed by atoms with Crippen molar-refractivity contribution in [3.05, 3.63) is 59.8 Å². The summed E-state index contributed by atoms with van der Waals surface area (Å²) in [5.41, 5.74) is 2.11. The van der Waals surface area contributed by atoms with E-state index in [0.29, 0.717) is 28.8 Å². The molecule has 0 radical (unpaired) electrons. The molecule has 2 aromatic carbocycles. The second kappa shape index (κ2) is 8.27. The number of nitrogens with one attached hydrogen (secondary N) is 2. The number of H-pyrrole nitrogens is 1. The summed E-state index contributed by atoms with van der Waals surface area (Å²) in [6, 6.07) is 10.5. The van der Waals surface area contributed by atoms with Gasteiger partial charge in [-0.1, -0.05) is 20.8 Å². The molecule has 184 valence electrons. The van der Waals surface area contributed by atoms with Crippen LogP contribution in [0.1, 0.15) is 36.8 Å². The van der Waals surface area contributed by atoms with Crippen LogP contribution in [0.3, 0.4) is 0 Å². The summed E-state index contributed by atoms with van der Waals surface area (Å²) in [7, 11) is -9.68. The zero-order chi connectivity index (χ0) is 25.8. The SMILES string of the molecule is CC(C)(C)c1cc2nc(-c3ccc(NC(=O)c4cc(S(=O)(=O)O)cc(S(=O)(=O)O)c4)cc3)nn2[nH]1. The summed E-state index contributed by atoms with van der Waals surface area (Å²) in [4.78, 5) is 15.4. The molecule has 35 heavy (non-hydrogen) atoms. The Labute approximate surface area is 200 Å². The lowest BCUT2D eigenvalue weighted by molar-refractivity contribution is 0.102. The highest BCUT2D eigenvalue weighted by atomic mass is 32.2. The molecule has 0 spiro atoms. The molecule has 0 saturated carbocycles. The first-order valence-corrected chi connectivity index (χ1v) is 13.0. The molecule has 0 unspecified atom stereocenters. The molecular weight excluding hydrogens is 498 g/mol. The Morgan fingerprint density at radius 2 is 1.51 bits per heavy atom. The maximum atomic E-state index is 12.6. The van der Waals surface area contributed by atoms with Crippen LogP contribution >= 0.6 is 0 Å². The van der Waals surface area contributed by atoms with Gasteiger partial charge in [-0.15, -0.1) is 5.10 Å². The topological polar surface area (TPSA) is 184 Å². The molecule has 0 bridgehead atoms. The van der Waals surface area contributed by atoms with E-state index in [9.17, 15) is 30.7 Å². The number of hydrogen-bond donors (Lipinski definition) is 4. The Morgan fingerprint density at radius 1 is 0.943 bits per heavy atom. The van der Waals surface area contributed by atoms with Gasteiger partial charge in [-0.25, -0.2) is 4.98 Å². The van der Waals surface area contributed by atoms with E-state index in [1.807, 2.05) is 6.07 Å². The van der Waals surface area contributed by atoms with Crippen molar-refractivity contribution in [3.8, 4) is 11.4 Å². The minimum absolute atomic E-state index is 0.0919. The van der Waals surface area contributed by atoms with Gasteiger partial charge in [0.05, 0.1) is 9.79 Å². The van der Waals surface area contributed by atoms with Gasteiger partial charge in [-0.05, 0) is 42.5 Å². The maximum absolute atomic E-state index is 12.6. The quantitative estimate of drug-likeness (QED) is 0.288. The normalized spacial score (nSPS) is 12.7. The van der Waals surface area contributed by atoms with Crippen molar-refractivity contribution in [2.24, 2.45) is 0 Å². The largest absolute Gasteiger partial charge is 0.322 e. The van der Waals surface area contributed by atoms with Crippen molar-refractivity contribution in [3.63, 3.8) is 0 Å². The van der Waals surface area contributed by atoms with E-state index in [0.717, 1.165) is 17.8 Å². The van der Waals surface area contributed by atoms with Crippen LogP contribution in [-0.2, 0) is 25.7 Å². The zero-order valence-electron chi connectivity index (χ0n) is 18.7. The predicted molar refractivity (Wildman–Crippen MR) is 125 cm³/mol. The molecule has 14 heteroatoms. The highest BCUT2D eigenvalue weighted by Crippen LogP contribution is 2.25. The van der Waals surface area contributed by atoms with Crippen LogP contribution in [0, 0.1) is 0 Å². The minimum Gasteiger partial charge on any atom is -0.322 e. The summed E-state index contributed by atoms with van der Waals surface area (Å²) in [5, 5.41) is 10.1. The van der Waals surface area contributed by atoms with Gasteiger partial charge in [-0.3, -0.25) is 19.0 Å². The fraction of sp³-hybridized carbons (Fsp3) is 0.190. The molecule has 4 rings (SSSR count). The van der Waals surface area contributed by atoms with Gasteiger partial charge in [0.1, 0.15) is 0 Å². The molecule has 0 saturated heterocycles. The van der Waals surface area contributed by atoms with Crippen LogP contribution in [-0.4, -0.2) is 51.7 Å². The van der Waals surface area contributed by atoms with E-state index in [2.05, 4.69) is 41.3 Å². The van der Waals surface area contributed by atoms with E-state index in [-0.39, 0.29) is 5.41 Å². The number of hydrogen-bond acceptors (Lipinski definition) is 7. The fourth-order valence-electron chi connectivity index (χ4n) is 3.19. The predicted octanol–water partition coefficient (Wildman–Crippen LogP) is 2.77. The average Bonchev–Trinajstić information content (AvgIpc) is 3.32. The number of benzene rings is 2. The van der Waals surface area contributed by atoms with Gasteiger partial charge in [0, 0.05) is 34.0 Å². The highest BCUT2D eigenvalue weighted by Gasteiger charge is 2.21. The third-order valence-corrected chi connectivity index (χ3v) is 6.74. The number of carbonyl (C=O) groups is 1. The van der Waals surface area contributed by atoms with Gasteiger partial charge >= 0.3 is 0 Å². The number of aromatic nitrogens is 4. The monoisotopic (exact) mass is 519 g/mol. The molecule has 0 fully saturated rings. The van der Waals surface area contributed by atoms with Gasteiger partial charge in [0.25, 0.3) is 26.1 Å². The lowest BCUT2D eigenvalue weighted by atomic mass is 9.93. The van der Waals surface area contributed by atoms with Crippen LogP contribution in [0.2, 0.25) is 0 Å². The first-order valence-electron chi connectivity index (χ1n) is 10.1. The zero-order valence-corrected chi connectivity index (χ0v) is 20.3. The van der Waals surface area contributed by atoms with Crippen LogP contribution < -0.4 is 5.32 Å². The van der Waals surface area contributed by atoms with Crippen LogP contribution in [0.15, 0.2) is 58.3 Å². The van der Waals surface area contributed by atoms with E-state index < -0.39 is 41.5 Å². The first kappa shape index (κ1) is 24.5. The average molecular weight is 520 g/mol. The molecular formula is C21H21N5O7S2. The van der Waals surface area contributed by atoms with Crippen LogP contribution in [0.25, 0.3) is 17.0 Å². The summed E-state index contributed by atoms with van der Waals surface area (Å²) >= 11 is 0. The molecule has 4 N–H and O–H groups in total. The highest BCUT2D eigenvalue weighted by molar-refractivity contribution is 7.86. The standard InChI is InChI=1S/C21H21N5O7S2/c1-21(2,3)17-11-18-23-19(25-26(18)24-17)12-4-6-14(7-5-12)22-20(27)13-8-15(34(28,29)30)10-16(9-13)35(31,32)33/h4-11,24H,1-3H3,(H,22,27)(H,28,29,30)(H,31,32,33). The number of anilines is 1. The van der Waals surface area contributed by atoms with Gasteiger partial charge in [0.15, 0.2) is 11.5 Å². The van der Waals surface area contributed by atoms with Gasteiger partial charge < -0.3 is 5.32 Å². The number of rotatable bonds is 5. The Morgan fingerprint density at radius 3 is 2.00 bits per heavy atom. The summed E-state index contributed by atoms with van der Waals surface area (Å²) in [6.07, 6.45) is 0. The number of aromatic amines is 1. The molecule has 0 aliphatic rings. The van der Waals surface area contributed by atoms with E-state index in [1.54, 1.807) is 28.9 Å². The summed E-state index contributed by atoms with van der Waals surface area (Å²) < 4.78 is 65.9. The Bertz CT molecular complexity index is 1580. The molecule has 1 amide bonds. The minimum atomic E-state index is -4.84. The number of amides is 1. The van der Waals surface area contributed by atoms with E-state index >= 15 is 0 Å². The molecule has 12 nitrogen and oxygen atoms in total. The van der Waals surface area contributed by atoms with Crippen molar-refractivity contribution in [1.82, 2.24) is 19.8 Å². The first-order chi connectivity index (χ1) is 16.1. The van der Waals surface area contributed by atoms with E-state index in [1.165, 1.54) is 0 Å². The number of carbonyl (C=O) groups excluding carboxylic acids is 1. The fourth-order valence-corrected chi connectivity index (χ4v) is 4.37. The molecule has 0 aliphatic carbocycles. The van der Waals surface area contributed by atoms with Crippen molar-refractivity contribution >= 4 is 37.5 Å². The van der Waals surface area contributed by atoms with Crippen molar-refractivity contribution in [2.75, 3.05) is 5.32 Å². The van der Waals surface area contributed by atoms with E-state index in [4.69, 9.17) is 0 Å². The smallest absolute Gasteiger partial charge is 0.294 e. The Balaban J connectivity index is 1.58. The number of fused-ring (bicyclic) bond motifs is 1. The number of nitrogens with zero attached hydrogens (tertiary/aromatic N) is 3. The Kier molecular flexibility index (Phi) is 5.79. The summed E-state index contributed by atoms with van der Waals surface area (Å²) in [5.74, 6) is -0.412. The second-order valence-electron chi connectivity index (χ2n) is 8.80. The second-order valence-corrected chi connectivity index (χ2v) is 11.6. The lowest BCUT2D eigenvalue weighted by Gasteiger charge is -2.14. The third kappa shape index (κ3) is 5.24. The third-order valence-electron chi connectivity index (χ3n) is 5.08. The van der Waals surface area contributed by atoms with Crippen LogP contribution in [0.4, 0.5) is 5.69 Å². The van der Waals surface area contributed by atoms with Crippen molar-refractivity contribution in [2.45, 2.75) is 36.0 Å². The van der Waals surface area contributed by atoms with Gasteiger partial charge in [0.2, 0.25) is 0 Å². The summed E-state index contributed by atoms with van der Waals surface area (Å²) in [6.45, 7) is 6.19.